The van der Waals surface area contributed by atoms with E-state index in [2.05, 4.69) is 17.4 Å². The summed E-state index contributed by atoms with van der Waals surface area (Å²) in [5.41, 5.74) is 2.45. The molecule has 0 aliphatic carbocycles. The summed E-state index contributed by atoms with van der Waals surface area (Å²) in [5, 5.41) is 12.4. The number of rotatable bonds is 4. The van der Waals surface area contributed by atoms with Crippen LogP contribution in [0.5, 0.6) is 0 Å². The summed E-state index contributed by atoms with van der Waals surface area (Å²) >= 11 is 0. The summed E-state index contributed by atoms with van der Waals surface area (Å²) in [7, 11) is 0. The SMILES string of the molecule is N#Cc1ccc(/[C]=N\OCc2ccccc2)cc1. The van der Waals surface area contributed by atoms with Gasteiger partial charge >= 0.3 is 0 Å². The van der Waals surface area contributed by atoms with Crippen LogP contribution in [0.15, 0.2) is 59.8 Å². The molecule has 3 heteroatoms. The molecule has 0 amide bonds. The van der Waals surface area contributed by atoms with Crippen LogP contribution in [0.4, 0.5) is 0 Å². The van der Waals surface area contributed by atoms with Crippen molar-refractivity contribution in [3.8, 4) is 6.07 Å². The molecule has 0 unspecified atom stereocenters. The molecule has 1 radical (unpaired) electrons. The highest BCUT2D eigenvalue weighted by Gasteiger charge is 1.92. The van der Waals surface area contributed by atoms with Crippen LogP contribution in [0, 0.1) is 11.3 Å². The second-order valence-electron chi connectivity index (χ2n) is 3.65. The van der Waals surface area contributed by atoms with Gasteiger partial charge in [-0.05, 0) is 17.7 Å². The molecule has 0 N–H and O–H groups in total. The Hall–Kier alpha value is -2.60. The lowest BCUT2D eigenvalue weighted by Crippen LogP contribution is -1.87. The van der Waals surface area contributed by atoms with Gasteiger partial charge in [-0.25, -0.2) is 0 Å². The van der Waals surface area contributed by atoms with Crippen LogP contribution in [0.3, 0.4) is 0 Å². The molecule has 3 nitrogen and oxygen atoms in total. The molecule has 2 rings (SSSR count). The van der Waals surface area contributed by atoms with E-state index in [9.17, 15) is 0 Å². The standard InChI is InChI=1S/C15H11N2O/c16-10-13-6-8-14(9-7-13)11-17-18-12-15-4-2-1-3-5-15/h1-9H,12H2. The Bertz CT molecular complexity index is 553. The predicted octanol–water partition coefficient (Wildman–Crippen LogP) is 2.99. The molecule has 0 saturated heterocycles. The van der Waals surface area contributed by atoms with Gasteiger partial charge in [0.15, 0.2) is 0 Å². The average Bonchev–Trinajstić information content (AvgIpc) is 2.45. The third-order valence-electron chi connectivity index (χ3n) is 2.33. The van der Waals surface area contributed by atoms with Gasteiger partial charge < -0.3 is 4.84 Å². The highest BCUT2D eigenvalue weighted by Crippen LogP contribution is 2.02. The number of nitriles is 1. The van der Waals surface area contributed by atoms with Crippen LogP contribution in [0.25, 0.3) is 0 Å². The number of nitrogens with zero attached hydrogens (tertiary/aromatic N) is 2. The minimum Gasteiger partial charge on any atom is -0.390 e. The van der Waals surface area contributed by atoms with E-state index in [0.717, 1.165) is 11.1 Å². The van der Waals surface area contributed by atoms with Crippen molar-refractivity contribution in [1.29, 1.82) is 5.26 Å². The van der Waals surface area contributed by atoms with E-state index < -0.39 is 0 Å². The molecule has 0 aliphatic heterocycles. The molecule has 0 atom stereocenters. The fourth-order valence-corrected chi connectivity index (χ4v) is 1.39. The van der Waals surface area contributed by atoms with Crippen molar-refractivity contribution >= 4 is 6.21 Å². The van der Waals surface area contributed by atoms with Gasteiger partial charge in [0, 0.05) is 5.56 Å². The summed E-state index contributed by atoms with van der Waals surface area (Å²) in [5.74, 6) is 0. The minimum atomic E-state index is 0.421. The van der Waals surface area contributed by atoms with Gasteiger partial charge in [0.1, 0.15) is 12.8 Å². The van der Waals surface area contributed by atoms with Crippen molar-refractivity contribution in [3.05, 3.63) is 71.3 Å². The number of hydrogen-bond donors (Lipinski definition) is 0. The summed E-state index contributed by atoms with van der Waals surface area (Å²) < 4.78 is 0. The Labute approximate surface area is 106 Å². The molecule has 0 aromatic heterocycles. The number of hydrogen-bond acceptors (Lipinski definition) is 3. The molecule has 0 fully saturated rings. The largest absolute Gasteiger partial charge is 0.390 e. The van der Waals surface area contributed by atoms with Crippen molar-refractivity contribution < 1.29 is 4.84 Å². The van der Waals surface area contributed by atoms with E-state index in [1.54, 1.807) is 24.3 Å². The molecule has 18 heavy (non-hydrogen) atoms. The summed E-state index contributed by atoms with van der Waals surface area (Å²) in [4.78, 5) is 5.13. The first-order chi connectivity index (χ1) is 8.88. The third-order valence-corrected chi connectivity index (χ3v) is 2.33. The Morgan fingerprint density at radius 2 is 1.61 bits per heavy atom. The van der Waals surface area contributed by atoms with Crippen LogP contribution in [-0.4, -0.2) is 6.21 Å². The van der Waals surface area contributed by atoms with E-state index in [1.807, 2.05) is 30.3 Å². The van der Waals surface area contributed by atoms with E-state index in [4.69, 9.17) is 10.1 Å². The lowest BCUT2D eigenvalue weighted by atomic mass is 10.2. The Morgan fingerprint density at radius 3 is 2.28 bits per heavy atom. The fraction of sp³-hybridized carbons (Fsp3) is 0.0667. The second kappa shape index (κ2) is 6.21. The zero-order chi connectivity index (χ0) is 12.6. The average molecular weight is 235 g/mol. The second-order valence-corrected chi connectivity index (χ2v) is 3.65. The summed E-state index contributed by atoms with van der Waals surface area (Å²) in [6.45, 7) is 0.421. The molecule has 0 heterocycles. The summed E-state index contributed by atoms with van der Waals surface area (Å²) in [6.07, 6.45) is 2.76. The first kappa shape index (κ1) is 11.9. The number of benzene rings is 2. The van der Waals surface area contributed by atoms with Crippen LogP contribution in [0.2, 0.25) is 0 Å². The van der Waals surface area contributed by atoms with Gasteiger partial charge in [-0.2, -0.15) is 5.26 Å². The van der Waals surface area contributed by atoms with E-state index in [1.165, 1.54) is 0 Å². The quantitative estimate of drug-likeness (QED) is 0.604. The van der Waals surface area contributed by atoms with Gasteiger partial charge in [-0.15, -0.1) is 0 Å². The normalized spacial score (nSPS) is 10.2. The molecule has 0 aliphatic rings. The van der Waals surface area contributed by atoms with Crippen molar-refractivity contribution in [2.75, 3.05) is 0 Å². The summed E-state index contributed by atoms with van der Waals surface area (Å²) in [6, 6.07) is 18.8. The van der Waals surface area contributed by atoms with Crippen LogP contribution >= 0.6 is 0 Å². The van der Waals surface area contributed by atoms with Gasteiger partial charge in [0.05, 0.1) is 11.6 Å². The molecule has 0 spiro atoms. The lowest BCUT2D eigenvalue weighted by Gasteiger charge is -1.98. The van der Waals surface area contributed by atoms with Crippen LogP contribution in [0.1, 0.15) is 16.7 Å². The Morgan fingerprint density at radius 1 is 0.944 bits per heavy atom. The van der Waals surface area contributed by atoms with Gasteiger partial charge in [0.2, 0.25) is 0 Å². The monoisotopic (exact) mass is 235 g/mol. The molecular formula is C15H11N2O. The van der Waals surface area contributed by atoms with E-state index >= 15 is 0 Å². The molecule has 2 aromatic carbocycles. The Balaban J connectivity index is 1.86. The first-order valence-electron chi connectivity index (χ1n) is 5.50. The fourth-order valence-electron chi connectivity index (χ4n) is 1.39. The maximum atomic E-state index is 8.65. The minimum absolute atomic E-state index is 0.421. The maximum absolute atomic E-state index is 8.65. The molecule has 87 valence electrons. The van der Waals surface area contributed by atoms with E-state index in [0.29, 0.717) is 12.2 Å². The molecule has 2 aromatic rings. The van der Waals surface area contributed by atoms with Crippen LogP contribution < -0.4 is 0 Å². The smallest absolute Gasteiger partial charge is 0.142 e. The van der Waals surface area contributed by atoms with Crippen molar-refractivity contribution in [2.45, 2.75) is 6.61 Å². The topological polar surface area (TPSA) is 45.4 Å². The zero-order valence-corrected chi connectivity index (χ0v) is 9.71. The van der Waals surface area contributed by atoms with Gasteiger partial charge in [-0.1, -0.05) is 47.6 Å². The molecule has 0 bridgehead atoms. The zero-order valence-electron chi connectivity index (χ0n) is 9.71. The molecule has 0 saturated carbocycles. The Kier molecular flexibility index (Phi) is 4.10. The van der Waals surface area contributed by atoms with Crippen LogP contribution in [-0.2, 0) is 11.4 Å². The lowest BCUT2D eigenvalue weighted by molar-refractivity contribution is 0.132. The van der Waals surface area contributed by atoms with Crippen molar-refractivity contribution in [1.82, 2.24) is 0 Å². The van der Waals surface area contributed by atoms with Gasteiger partial charge in [-0.3, -0.25) is 0 Å². The predicted molar refractivity (Wildman–Crippen MR) is 68.9 cm³/mol. The van der Waals surface area contributed by atoms with E-state index in [-0.39, 0.29) is 0 Å². The highest BCUT2D eigenvalue weighted by atomic mass is 16.6. The highest BCUT2D eigenvalue weighted by molar-refractivity contribution is 5.79. The maximum Gasteiger partial charge on any atom is 0.142 e. The van der Waals surface area contributed by atoms with Gasteiger partial charge in [0.25, 0.3) is 0 Å². The first-order valence-corrected chi connectivity index (χ1v) is 5.50. The van der Waals surface area contributed by atoms with Crippen molar-refractivity contribution in [2.24, 2.45) is 5.16 Å². The molecular weight excluding hydrogens is 224 g/mol. The van der Waals surface area contributed by atoms with Crippen molar-refractivity contribution in [3.63, 3.8) is 0 Å². The third kappa shape index (κ3) is 3.46.